The fraction of sp³-hybridized carbons (Fsp3) is 0.333. The van der Waals surface area contributed by atoms with E-state index in [0.717, 1.165) is 5.57 Å². The van der Waals surface area contributed by atoms with Gasteiger partial charge in [0.15, 0.2) is 0 Å². The van der Waals surface area contributed by atoms with Crippen LogP contribution < -0.4 is 0 Å². The van der Waals surface area contributed by atoms with Gasteiger partial charge in [0.05, 0.1) is 6.61 Å². The van der Waals surface area contributed by atoms with E-state index in [1.54, 1.807) is 0 Å². The first-order valence-electron chi connectivity index (χ1n) is 3.81. The van der Waals surface area contributed by atoms with Crippen molar-refractivity contribution in [3.8, 4) is 0 Å². The minimum Gasteiger partial charge on any atom is -0.392 e. The third kappa shape index (κ3) is 4.62. The summed E-state index contributed by atoms with van der Waals surface area (Å²) >= 11 is 0. The molecule has 0 aromatic carbocycles. The SMILES string of the molecule is BC(=C/C)/C=C(\C=C/C)CO. The van der Waals surface area contributed by atoms with E-state index in [2.05, 4.69) is 0 Å². The van der Waals surface area contributed by atoms with Gasteiger partial charge >= 0.3 is 0 Å². The molecule has 0 heterocycles. The van der Waals surface area contributed by atoms with Gasteiger partial charge in [-0.2, -0.15) is 0 Å². The van der Waals surface area contributed by atoms with Crippen molar-refractivity contribution in [2.45, 2.75) is 13.8 Å². The zero-order valence-corrected chi connectivity index (χ0v) is 7.46. The van der Waals surface area contributed by atoms with Gasteiger partial charge in [0.1, 0.15) is 7.85 Å². The Kier molecular flexibility index (Phi) is 5.58. The topological polar surface area (TPSA) is 20.2 Å². The molecular weight excluding hydrogens is 135 g/mol. The van der Waals surface area contributed by atoms with Crippen molar-refractivity contribution in [1.29, 1.82) is 0 Å². The molecule has 0 fully saturated rings. The minimum atomic E-state index is 0.107. The van der Waals surface area contributed by atoms with E-state index in [-0.39, 0.29) is 6.61 Å². The van der Waals surface area contributed by atoms with Gasteiger partial charge in [-0.3, -0.25) is 0 Å². The molecule has 1 N–H and O–H groups in total. The van der Waals surface area contributed by atoms with E-state index in [0.29, 0.717) is 0 Å². The molecule has 0 aromatic rings. The Morgan fingerprint density at radius 3 is 2.45 bits per heavy atom. The van der Waals surface area contributed by atoms with Crippen LogP contribution in [0.1, 0.15) is 13.8 Å². The Morgan fingerprint density at radius 1 is 1.45 bits per heavy atom. The monoisotopic (exact) mass is 150 g/mol. The Balaban J connectivity index is 4.35. The van der Waals surface area contributed by atoms with Crippen molar-refractivity contribution in [2.24, 2.45) is 0 Å². The summed E-state index contributed by atoms with van der Waals surface area (Å²) in [5.41, 5.74) is 2.12. The lowest BCUT2D eigenvalue weighted by atomic mass is 9.93. The molecule has 1 nitrogen and oxygen atoms in total. The van der Waals surface area contributed by atoms with Gasteiger partial charge in [-0.05, 0) is 19.4 Å². The van der Waals surface area contributed by atoms with Crippen LogP contribution in [0.3, 0.4) is 0 Å². The highest BCUT2D eigenvalue weighted by Gasteiger charge is 1.87. The van der Waals surface area contributed by atoms with Gasteiger partial charge in [0.25, 0.3) is 0 Å². The van der Waals surface area contributed by atoms with Gasteiger partial charge in [-0.15, -0.1) is 0 Å². The quantitative estimate of drug-likeness (QED) is 0.470. The number of hydrogen-bond acceptors (Lipinski definition) is 1. The second kappa shape index (κ2) is 5.99. The van der Waals surface area contributed by atoms with E-state index >= 15 is 0 Å². The van der Waals surface area contributed by atoms with Crippen molar-refractivity contribution in [1.82, 2.24) is 0 Å². The van der Waals surface area contributed by atoms with Gasteiger partial charge in [0.2, 0.25) is 0 Å². The number of rotatable bonds is 3. The lowest BCUT2D eigenvalue weighted by Gasteiger charge is -1.95. The summed E-state index contributed by atoms with van der Waals surface area (Å²) in [6.07, 6.45) is 7.82. The fourth-order valence-electron chi connectivity index (χ4n) is 0.736. The summed E-state index contributed by atoms with van der Waals surface area (Å²) in [7, 11) is 2.01. The largest absolute Gasteiger partial charge is 0.392 e. The third-order valence-electron chi connectivity index (χ3n) is 1.43. The van der Waals surface area contributed by atoms with Crippen molar-refractivity contribution >= 4 is 7.85 Å². The average molecular weight is 150 g/mol. The summed E-state index contributed by atoms with van der Waals surface area (Å²) in [5, 5.41) is 8.85. The van der Waals surface area contributed by atoms with Crippen molar-refractivity contribution in [3.63, 3.8) is 0 Å². The Bertz CT molecular complexity index is 190. The lowest BCUT2D eigenvalue weighted by Crippen LogP contribution is -1.87. The predicted octanol–water partition coefficient (Wildman–Crippen LogP) is 1.02. The first-order chi connectivity index (χ1) is 5.24. The van der Waals surface area contributed by atoms with E-state index in [1.165, 1.54) is 5.47 Å². The lowest BCUT2D eigenvalue weighted by molar-refractivity contribution is 0.335. The molecule has 0 aliphatic carbocycles. The van der Waals surface area contributed by atoms with Crippen LogP contribution in [0.4, 0.5) is 0 Å². The maximum atomic E-state index is 8.85. The molecule has 0 atom stereocenters. The highest BCUT2D eigenvalue weighted by atomic mass is 16.3. The minimum absolute atomic E-state index is 0.107. The summed E-state index contributed by atoms with van der Waals surface area (Å²) in [6.45, 7) is 4.03. The molecule has 0 aliphatic heterocycles. The maximum Gasteiger partial charge on any atom is 0.138 e. The van der Waals surface area contributed by atoms with Gasteiger partial charge in [0, 0.05) is 0 Å². The van der Waals surface area contributed by atoms with Crippen molar-refractivity contribution in [2.75, 3.05) is 6.61 Å². The van der Waals surface area contributed by atoms with Crippen LogP contribution in [-0.4, -0.2) is 19.6 Å². The molecule has 0 radical (unpaired) electrons. The average Bonchev–Trinajstić information content (AvgIpc) is 2.03. The van der Waals surface area contributed by atoms with E-state index < -0.39 is 0 Å². The third-order valence-corrected chi connectivity index (χ3v) is 1.43. The molecule has 0 aliphatic rings. The van der Waals surface area contributed by atoms with Gasteiger partial charge < -0.3 is 5.11 Å². The summed E-state index contributed by atoms with van der Waals surface area (Å²) in [4.78, 5) is 0. The summed E-state index contributed by atoms with van der Waals surface area (Å²) in [5.74, 6) is 0. The zero-order chi connectivity index (χ0) is 8.69. The highest BCUT2D eigenvalue weighted by Crippen LogP contribution is 2.00. The van der Waals surface area contributed by atoms with Crippen molar-refractivity contribution in [3.05, 3.63) is 35.3 Å². The summed E-state index contributed by atoms with van der Waals surface area (Å²) < 4.78 is 0. The molecule has 0 spiro atoms. The van der Waals surface area contributed by atoms with Crippen LogP contribution in [0, 0.1) is 0 Å². The molecule has 0 rings (SSSR count). The molecule has 0 saturated carbocycles. The number of aliphatic hydroxyl groups is 1. The Labute approximate surface area is 69.5 Å². The van der Waals surface area contributed by atoms with E-state index in [9.17, 15) is 0 Å². The molecule has 11 heavy (non-hydrogen) atoms. The second-order valence-corrected chi connectivity index (χ2v) is 2.41. The van der Waals surface area contributed by atoms with Crippen LogP contribution in [0.25, 0.3) is 0 Å². The van der Waals surface area contributed by atoms with E-state index in [4.69, 9.17) is 5.11 Å². The Hall–Kier alpha value is -0.755. The molecule has 0 bridgehead atoms. The number of hydrogen-bond donors (Lipinski definition) is 1. The first kappa shape index (κ1) is 10.2. The predicted molar refractivity (Wildman–Crippen MR) is 52.3 cm³/mol. The smallest absolute Gasteiger partial charge is 0.138 e. The molecular formula is C9H15BO. The molecule has 0 aromatic heterocycles. The van der Waals surface area contributed by atoms with Crippen LogP contribution in [0.5, 0.6) is 0 Å². The first-order valence-corrected chi connectivity index (χ1v) is 3.81. The van der Waals surface area contributed by atoms with Crippen LogP contribution in [-0.2, 0) is 0 Å². The normalized spacial score (nSPS) is 14.5. The number of aliphatic hydroxyl groups excluding tert-OH is 1. The summed E-state index contributed by atoms with van der Waals surface area (Å²) in [6, 6.07) is 0. The molecule has 2 heteroatoms. The van der Waals surface area contributed by atoms with Crippen LogP contribution >= 0.6 is 0 Å². The Morgan fingerprint density at radius 2 is 2.09 bits per heavy atom. The molecule has 60 valence electrons. The van der Waals surface area contributed by atoms with Gasteiger partial charge in [-0.25, -0.2) is 0 Å². The highest BCUT2D eigenvalue weighted by molar-refractivity contribution is 6.23. The second-order valence-electron chi connectivity index (χ2n) is 2.41. The standard InChI is InChI=1S/C9H15BO/c1-3-5-8(7-11)6-9(10)4-2/h3-6,11H,7,10H2,1-2H3/b5-3-,8-6+,9-4+. The van der Waals surface area contributed by atoms with Crippen molar-refractivity contribution < 1.29 is 5.11 Å². The van der Waals surface area contributed by atoms with Crippen LogP contribution in [0.2, 0.25) is 0 Å². The van der Waals surface area contributed by atoms with Crippen LogP contribution in [0.15, 0.2) is 35.3 Å². The van der Waals surface area contributed by atoms with Gasteiger partial charge in [-0.1, -0.05) is 29.8 Å². The molecule has 0 amide bonds. The van der Waals surface area contributed by atoms with E-state index in [1.807, 2.05) is 46.0 Å². The maximum absolute atomic E-state index is 8.85. The zero-order valence-electron chi connectivity index (χ0n) is 7.46. The molecule has 0 saturated heterocycles. The number of allylic oxidation sites excluding steroid dienone is 4. The molecule has 0 unspecified atom stereocenters. The fourth-order valence-corrected chi connectivity index (χ4v) is 0.736.